The summed E-state index contributed by atoms with van der Waals surface area (Å²) in [5.41, 5.74) is 2.46. The number of hydrogen-bond acceptors (Lipinski definition) is 8. The first-order valence-electron chi connectivity index (χ1n) is 9.92. The lowest BCUT2D eigenvalue weighted by molar-refractivity contribution is -0.899. The van der Waals surface area contributed by atoms with Gasteiger partial charge in [-0.2, -0.15) is 0 Å². The van der Waals surface area contributed by atoms with Crippen LogP contribution in [0.3, 0.4) is 0 Å². The van der Waals surface area contributed by atoms with Gasteiger partial charge in [0.25, 0.3) is 0 Å². The Morgan fingerprint density at radius 2 is 1.84 bits per heavy atom. The second kappa shape index (κ2) is 7.91. The number of benzene rings is 2. The van der Waals surface area contributed by atoms with Gasteiger partial charge in [-0.1, -0.05) is 6.07 Å². The van der Waals surface area contributed by atoms with E-state index >= 15 is 0 Å². The van der Waals surface area contributed by atoms with Crippen LogP contribution in [0.4, 0.5) is 0 Å². The third-order valence-corrected chi connectivity index (χ3v) is 6.27. The summed E-state index contributed by atoms with van der Waals surface area (Å²) >= 11 is 0. The monoisotopic (exact) mass is 465 g/mol. The average Bonchev–Trinajstić information content (AvgIpc) is 3.35. The summed E-state index contributed by atoms with van der Waals surface area (Å²) in [5.74, 6) is 1.66. The zero-order valence-electron chi connectivity index (χ0n) is 18.1. The fraction of sp³-hybridized carbons (Fsp3) is 0.409. The number of likely N-dealkylation sites (N-methyl/N-ethyl adjacent to an activating group) is 1. The molecule has 172 valence electrons. The van der Waals surface area contributed by atoms with Gasteiger partial charge < -0.3 is 38.3 Å². The normalized spacial score (nSPS) is 24.7. The van der Waals surface area contributed by atoms with Crippen LogP contribution in [0.5, 0.6) is 28.7 Å². The molecule has 3 aliphatic rings. The van der Waals surface area contributed by atoms with E-state index in [1.54, 1.807) is 19.2 Å². The maximum Gasteiger partial charge on any atom is 0.343 e. The minimum absolute atomic E-state index is 0. The molecule has 0 aromatic heterocycles. The minimum atomic E-state index is -0.821. The molecule has 2 aromatic carbocycles. The number of methoxy groups -OCH3 is 3. The molecule has 3 unspecified atom stereocenters. The Morgan fingerprint density at radius 1 is 1.09 bits per heavy atom. The molecule has 0 saturated carbocycles. The van der Waals surface area contributed by atoms with Gasteiger partial charge in [0.2, 0.25) is 12.5 Å². The van der Waals surface area contributed by atoms with Crippen LogP contribution in [0.2, 0.25) is 0 Å². The van der Waals surface area contributed by atoms with Crippen LogP contribution in [0.15, 0.2) is 18.2 Å². The molecule has 2 aromatic rings. The number of nitrogens with zero attached hydrogens (tertiary/aromatic N) is 1. The number of hydrogen-bond donors (Lipinski definition) is 0. The van der Waals surface area contributed by atoms with Gasteiger partial charge in [-0.05, 0) is 17.7 Å². The summed E-state index contributed by atoms with van der Waals surface area (Å²) in [4.78, 5) is 12.9. The summed E-state index contributed by atoms with van der Waals surface area (Å²) in [7, 11) is 6.08. The molecule has 0 amide bonds. The third kappa shape index (κ3) is 3.03. The lowest BCUT2D eigenvalue weighted by Crippen LogP contribution is -2.48. The number of carbonyl (C=O) groups is 1. The summed E-state index contributed by atoms with van der Waals surface area (Å²) in [5, 5.41) is 13.7. The molecular weight excluding hydrogens is 442 g/mol. The Kier molecular flexibility index (Phi) is 5.52. The zero-order valence-corrected chi connectivity index (χ0v) is 18.9. The number of esters is 1. The van der Waals surface area contributed by atoms with E-state index in [0.717, 1.165) is 5.56 Å². The molecule has 32 heavy (non-hydrogen) atoms. The molecule has 0 aliphatic carbocycles. The van der Waals surface area contributed by atoms with E-state index in [2.05, 4.69) is 0 Å². The Balaban J connectivity index is 0.00000245. The molecule has 3 heterocycles. The number of fused-ring (bicyclic) bond motifs is 3. The van der Waals surface area contributed by atoms with Gasteiger partial charge in [0.1, 0.15) is 5.56 Å². The van der Waals surface area contributed by atoms with Crippen LogP contribution in [-0.4, -0.2) is 52.3 Å². The van der Waals surface area contributed by atoms with Crippen molar-refractivity contribution in [1.29, 1.82) is 0 Å². The first-order valence-corrected chi connectivity index (χ1v) is 9.92. The van der Waals surface area contributed by atoms with Gasteiger partial charge in [-0.3, -0.25) is 0 Å². The number of cyclic esters (lactones) is 1. The molecule has 0 N–H and O–H groups in total. The van der Waals surface area contributed by atoms with Crippen molar-refractivity contribution in [3.05, 3.63) is 45.7 Å². The number of ether oxygens (including phenoxy) is 6. The van der Waals surface area contributed by atoms with Crippen LogP contribution >= 0.6 is 12.4 Å². The molecule has 0 saturated heterocycles. The summed E-state index contributed by atoms with van der Waals surface area (Å²) in [6.45, 7) is 0.401. The maximum atomic E-state index is 13.7. The molecule has 3 atom stereocenters. The molecule has 10 heteroatoms. The van der Waals surface area contributed by atoms with Gasteiger partial charge in [0.05, 0.1) is 40.5 Å². The highest BCUT2D eigenvalue weighted by molar-refractivity contribution is 5.98. The second-order valence-corrected chi connectivity index (χ2v) is 7.90. The van der Waals surface area contributed by atoms with E-state index in [9.17, 15) is 10.0 Å². The van der Waals surface area contributed by atoms with E-state index in [1.165, 1.54) is 21.3 Å². The molecule has 0 bridgehead atoms. The van der Waals surface area contributed by atoms with Crippen LogP contribution in [-0.2, 0) is 11.2 Å². The molecule has 0 spiro atoms. The van der Waals surface area contributed by atoms with Crippen molar-refractivity contribution < 1.29 is 37.9 Å². The molecule has 9 nitrogen and oxygen atoms in total. The molecule has 0 fully saturated rings. The number of hydroxylamine groups is 3. The molecular formula is C22H24ClNO8. The number of rotatable bonds is 4. The highest BCUT2D eigenvalue weighted by atomic mass is 35.5. The fourth-order valence-corrected chi connectivity index (χ4v) is 4.87. The zero-order chi connectivity index (χ0) is 21.9. The minimum Gasteiger partial charge on any atom is -0.632 e. The second-order valence-electron chi connectivity index (χ2n) is 7.90. The predicted octanol–water partition coefficient (Wildman–Crippen LogP) is 3.32. The molecule has 0 radical (unpaired) electrons. The SMILES string of the molecule is COc1ccc2c(c1OC)C(=O)OC2C1c2c(cc3c(c2OC)OCO3)CC[N+]1(C)[O-].Cl. The fourth-order valence-electron chi connectivity index (χ4n) is 4.87. The van der Waals surface area contributed by atoms with E-state index in [4.69, 9.17) is 28.4 Å². The van der Waals surface area contributed by atoms with Crippen molar-refractivity contribution in [3.8, 4) is 28.7 Å². The topological polar surface area (TPSA) is 95.5 Å². The molecule has 3 aliphatic heterocycles. The Labute approximate surface area is 191 Å². The van der Waals surface area contributed by atoms with E-state index in [1.807, 2.05) is 6.07 Å². The van der Waals surface area contributed by atoms with Crippen molar-refractivity contribution in [2.75, 3.05) is 41.7 Å². The van der Waals surface area contributed by atoms with Crippen LogP contribution < -0.4 is 23.7 Å². The van der Waals surface area contributed by atoms with E-state index in [0.29, 0.717) is 52.8 Å². The first-order chi connectivity index (χ1) is 14.9. The number of halogens is 1. The quantitative estimate of drug-likeness (QED) is 0.385. The Morgan fingerprint density at radius 3 is 2.53 bits per heavy atom. The smallest absolute Gasteiger partial charge is 0.343 e. The summed E-state index contributed by atoms with van der Waals surface area (Å²) in [6.07, 6.45) is -0.281. The lowest BCUT2D eigenvalue weighted by Gasteiger charge is -2.50. The largest absolute Gasteiger partial charge is 0.632 e. The van der Waals surface area contributed by atoms with Crippen molar-refractivity contribution in [3.63, 3.8) is 0 Å². The standard InChI is InChI=1S/C22H23NO8.ClH/c1-23(25)8-7-11-9-14-20(30-10-29-14)21(28-4)15(11)17(23)18-12-5-6-13(26-2)19(27-3)16(12)22(24)31-18;/h5-6,9,17-18H,7-8,10H2,1-4H3;1H. The highest BCUT2D eigenvalue weighted by Crippen LogP contribution is 2.56. The summed E-state index contributed by atoms with van der Waals surface area (Å²) < 4.78 is 32.8. The van der Waals surface area contributed by atoms with Crippen LogP contribution in [0.1, 0.15) is 39.2 Å². The average molecular weight is 466 g/mol. The van der Waals surface area contributed by atoms with Gasteiger partial charge in [0, 0.05) is 12.0 Å². The van der Waals surface area contributed by atoms with Crippen molar-refractivity contribution in [2.45, 2.75) is 18.6 Å². The highest BCUT2D eigenvalue weighted by Gasteiger charge is 2.50. The van der Waals surface area contributed by atoms with Gasteiger partial charge >= 0.3 is 5.97 Å². The van der Waals surface area contributed by atoms with Crippen molar-refractivity contribution >= 4 is 18.4 Å². The van der Waals surface area contributed by atoms with Gasteiger partial charge in [-0.15, -0.1) is 12.4 Å². The predicted molar refractivity (Wildman–Crippen MR) is 115 cm³/mol. The Hall–Kier alpha value is -2.88. The first kappa shape index (κ1) is 22.3. The summed E-state index contributed by atoms with van der Waals surface area (Å²) in [6, 6.07) is 4.59. The van der Waals surface area contributed by atoms with Gasteiger partial charge in [-0.25, -0.2) is 4.79 Å². The number of carbonyl (C=O) groups excluding carboxylic acids is 1. The van der Waals surface area contributed by atoms with E-state index in [-0.39, 0.29) is 24.8 Å². The van der Waals surface area contributed by atoms with Crippen LogP contribution in [0, 0.1) is 5.21 Å². The molecule has 5 rings (SSSR count). The van der Waals surface area contributed by atoms with Crippen LogP contribution in [0.25, 0.3) is 0 Å². The van der Waals surface area contributed by atoms with Crippen molar-refractivity contribution in [1.82, 2.24) is 0 Å². The maximum absolute atomic E-state index is 13.7. The number of quaternary nitrogens is 1. The van der Waals surface area contributed by atoms with E-state index < -0.39 is 22.8 Å². The van der Waals surface area contributed by atoms with Crippen molar-refractivity contribution in [2.24, 2.45) is 0 Å². The van der Waals surface area contributed by atoms with Gasteiger partial charge in [0.15, 0.2) is 35.1 Å². The third-order valence-electron chi connectivity index (χ3n) is 6.27. The Bertz CT molecular complexity index is 1090. The lowest BCUT2D eigenvalue weighted by atomic mass is 9.85.